The van der Waals surface area contributed by atoms with E-state index < -0.39 is 13.1 Å². The number of nitrogens with zero attached hydrogens (tertiary/aromatic N) is 2. The van der Waals surface area contributed by atoms with E-state index in [1.807, 2.05) is 6.08 Å². The zero-order valence-electron chi connectivity index (χ0n) is 17.0. The quantitative estimate of drug-likeness (QED) is 0.526. The summed E-state index contributed by atoms with van der Waals surface area (Å²) in [6, 6.07) is 6.10. The minimum Gasteiger partial charge on any atom is -0.618 e. The Hall–Kier alpha value is -2.11. The van der Waals surface area contributed by atoms with Crippen molar-refractivity contribution in [2.24, 2.45) is 11.8 Å². The molecule has 132 valence electrons. The Morgan fingerprint density at radius 2 is 2.40 bits per heavy atom. The lowest BCUT2D eigenvalue weighted by Crippen LogP contribution is -2.54. The molecule has 5 rings (SSSR count). The first-order chi connectivity index (χ1) is 13.3. The highest BCUT2D eigenvalue weighted by Gasteiger charge is 2.42. The molecular weight excluding hydrogens is 316 g/mol. The smallest absolute Gasteiger partial charge is 0.224 e. The van der Waals surface area contributed by atoms with Gasteiger partial charge in [-0.1, -0.05) is 6.08 Å². The van der Waals surface area contributed by atoms with Crippen LogP contribution in [0.15, 0.2) is 43.1 Å². The first-order valence-electron chi connectivity index (χ1n) is 10.2. The minimum absolute atomic E-state index is 0.0344. The molecule has 3 saturated heterocycles. The molecule has 5 nitrogen and oxygen atoms in total. The molecule has 0 radical (unpaired) electrons. The summed E-state index contributed by atoms with van der Waals surface area (Å²) in [5.74, 6) is 1.10. The third kappa shape index (κ3) is 2.68. The Morgan fingerprint density at radius 1 is 1.52 bits per heavy atom. The number of pyridine rings is 1. The van der Waals surface area contributed by atoms with Crippen LogP contribution in [0.5, 0.6) is 5.75 Å². The van der Waals surface area contributed by atoms with Gasteiger partial charge in [-0.15, -0.1) is 6.58 Å². The Bertz CT molecular complexity index is 902. The van der Waals surface area contributed by atoms with Crippen molar-refractivity contribution >= 4 is 10.9 Å². The summed E-state index contributed by atoms with van der Waals surface area (Å²) in [4.78, 5) is 2.30. The molecule has 25 heavy (non-hydrogen) atoms. The number of benzene rings is 1. The molecule has 0 spiro atoms. The van der Waals surface area contributed by atoms with Crippen molar-refractivity contribution in [2.45, 2.75) is 25.0 Å². The molecule has 3 aliphatic rings. The van der Waals surface area contributed by atoms with Crippen molar-refractivity contribution in [3.63, 3.8) is 0 Å². The van der Waals surface area contributed by atoms with Crippen LogP contribution < -0.4 is 9.47 Å². The number of aliphatic hydroxyl groups excluding tert-OH is 1. The van der Waals surface area contributed by atoms with E-state index in [9.17, 15) is 10.3 Å². The van der Waals surface area contributed by atoms with Gasteiger partial charge in [0.05, 0.1) is 22.6 Å². The van der Waals surface area contributed by atoms with E-state index in [-0.39, 0.29) is 11.8 Å². The maximum Gasteiger partial charge on any atom is 0.224 e. The van der Waals surface area contributed by atoms with Gasteiger partial charge in [0.2, 0.25) is 5.52 Å². The Morgan fingerprint density at radius 3 is 3.12 bits per heavy atom. The maximum atomic E-state index is 12.2. The average molecular weight is 343 g/mol. The molecule has 2 bridgehead atoms. The fraction of sp³-hybridized carbons (Fsp3) is 0.450. The average Bonchev–Trinajstić information content (AvgIpc) is 2.66. The maximum absolute atomic E-state index is 12.2. The number of hydrogen-bond donors (Lipinski definition) is 1. The monoisotopic (exact) mass is 343 g/mol. The predicted octanol–water partition coefficient (Wildman–Crippen LogP) is 2.41. The van der Waals surface area contributed by atoms with E-state index in [1.165, 1.54) is 24.4 Å². The van der Waals surface area contributed by atoms with E-state index in [4.69, 9.17) is 8.85 Å². The number of hydrogen-bond acceptors (Lipinski definition) is 4. The second-order valence-corrected chi connectivity index (χ2v) is 7.07. The highest BCUT2D eigenvalue weighted by atomic mass is 16.5. The molecular formula is C20H24N2O3. The summed E-state index contributed by atoms with van der Waals surface area (Å²) in [6.45, 7) is 5.76. The van der Waals surface area contributed by atoms with Crippen LogP contribution >= 0.6 is 0 Å². The number of ether oxygens (including phenoxy) is 1. The summed E-state index contributed by atoms with van der Waals surface area (Å²) < 4.78 is 27.6. The molecule has 3 fully saturated rings. The summed E-state index contributed by atoms with van der Waals surface area (Å²) in [5, 5.41) is 23.9. The van der Waals surface area contributed by atoms with Crippen LogP contribution in [0.4, 0.5) is 0 Å². The van der Waals surface area contributed by atoms with Gasteiger partial charge in [0.15, 0.2) is 6.20 Å². The Balaban J connectivity index is 1.70. The van der Waals surface area contributed by atoms with Crippen molar-refractivity contribution in [3.05, 3.63) is 53.9 Å². The number of aliphatic hydroxyl groups is 1. The lowest BCUT2D eigenvalue weighted by Gasteiger charge is -2.50. The van der Waals surface area contributed by atoms with Gasteiger partial charge in [0.1, 0.15) is 5.75 Å². The number of fused-ring (bicyclic) bond motifs is 4. The molecule has 2 unspecified atom stereocenters. The first-order valence-corrected chi connectivity index (χ1v) is 8.66. The van der Waals surface area contributed by atoms with Crippen LogP contribution in [0.1, 0.15) is 28.6 Å². The minimum atomic E-state index is -2.58. The SMILES string of the molecule is [2H]C([2H])([2H])Oc1ccc2c(c1)c([C@@H](O)[C@@H]1CC3CCN1C[C@@H]3C=C)cc[n+]2[O-]. The molecule has 0 aliphatic carbocycles. The van der Waals surface area contributed by atoms with Gasteiger partial charge in [-0.25, -0.2) is 0 Å². The number of aromatic nitrogens is 1. The van der Waals surface area contributed by atoms with E-state index in [1.54, 1.807) is 6.07 Å². The van der Waals surface area contributed by atoms with Crippen molar-refractivity contribution in [1.29, 1.82) is 0 Å². The van der Waals surface area contributed by atoms with Gasteiger partial charge < -0.3 is 15.1 Å². The van der Waals surface area contributed by atoms with Gasteiger partial charge in [-0.2, -0.15) is 4.73 Å². The van der Waals surface area contributed by atoms with Crippen LogP contribution in [0.3, 0.4) is 0 Å². The van der Waals surface area contributed by atoms with E-state index in [0.29, 0.717) is 33.0 Å². The number of methoxy groups -OCH3 is 1. The highest BCUT2D eigenvalue weighted by molar-refractivity contribution is 5.81. The Kier molecular flexibility index (Phi) is 3.32. The van der Waals surface area contributed by atoms with Crippen LogP contribution in [0.25, 0.3) is 10.9 Å². The van der Waals surface area contributed by atoms with Crippen LogP contribution in [-0.2, 0) is 0 Å². The van der Waals surface area contributed by atoms with E-state index >= 15 is 0 Å². The predicted molar refractivity (Wildman–Crippen MR) is 96.2 cm³/mol. The summed E-state index contributed by atoms with van der Waals surface area (Å²) in [5.41, 5.74) is 0.986. The molecule has 1 N–H and O–H groups in total. The molecule has 0 saturated carbocycles. The molecule has 2 aromatic rings. The third-order valence-electron chi connectivity index (χ3n) is 5.86. The molecule has 0 amide bonds. The molecule has 5 atom stereocenters. The highest BCUT2D eigenvalue weighted by Crippen LogP contribution is 2.42. The van der Waals surface area contributed by atoms with Crippen LogP contribution in [0.2, 0.25) is 0 Å². The van der Waals surface area contributed by atoms with Crippen LogP contribution in [-0.4, -0.2) is 36.2 Å². The lowest BCUT2D eigenvalue weighted by molar-refractivity contribution is -0.577. The van der Waals surface area contributed by atoms with Crippen molar-refractivity contribution < 1.29 is 18.7 Å². The fourth-order valence-corrected chi connectivity index (χ4v) is 4.49. The topological polar surface area (TPSA) is 59.6 Å². The summed E-state index contributed by atoms with van der Waals surface area (Å²) in [6.07, 6.45) is 4.59. The molecule has 4 heterocycles. The van der Waals surface area contributed by atoms with Gasteiger partial charge in [-0.05, 0) is 43.4 Å². The zero-order valence-corrected chi connectivity index (χ0v) is 14.0. The largest absolute Gasteiger partial charge is 0.618 e. The van der Waals surface area contributed by atoms with Crippen molar-refractivity contribution in [1.82, 2.24) is 4.90 Å². The van der Waals surface area contributed by atoms with Gasteiger partial charge in [-0.3, -0.25) is 4.90 Å². The summed E-state index contributed by atoms with van der Waals surface area (Å²) >= 11 is 0. The molecule has 1 aromatic carbocycles. The molecule has 3 aliphatic heterocycles. The van der Waals surface area contributed by atoms with Crippen molar-refractivity contribution in [3.8, 4) is 5.75 Å². The van der Waals surface area contributed by atoms with E-state index in [0.717, 1.165) is 25.9 Å². The summed E-state index contributed by atoms with van der Waals surface area (Å²) in [7, 11) is -2.58. The van der Waals surface area contributed by atoms with Gasteiger partial charge >= 0.3 is 0 Å². The van der Waals surface area contributed by atoms with Gasteiger partial charge in [0, 0.05) is 30.3 Å². The van der Waals surface area contributed by atoms with Crippen LogP contribution in [0, 0.1) is 17.0 Å². The number of rotatable bonds is 4. The third-order valence-corrected chi connectivity index (χ3v) is 5.86. The van der Waals surface area contributed by atoms with Gasteiger partial charge in [0.25, 0.3) is 0 Å². The molecule has 5 heteroatoms. The second-order valence-electron chi connectivity index (χ2n) is 7.07. The number of piperidine rings is 3. The Labute approximate surface area is 151 Å². The first kappa shape index (κ1) is 13.1. The lowest BCUT2D eigenvalue weighted by atomic mass is 9.73. The molecule has 1 aromatic heterocycles. The second kappa shape index (κ2) is 6.32. The normalized spacial score (nSPS) is 31.8. The fourth-order valence-electron chi connectivity index (χ4n) is 4.49. The van der Waals surface area contributed by atoms with Crippen molar-refractivity contribution in [2.75, 3.05) is 20.1 Å². The standard InChI is InChI=1S/C20H24N2O3/c1-3-13-12-21-8-6-14(13)10-19(21)20(23)16-7-9-22(24)18-5-4-15(25-2)11-17(16)18/h3-5,7,9,11,13-14,19-20,23H,1,6,8,10,12H2,2H3/t13-,14?,19-,20+/m0/s1/i2D3. The zero-order chi connectivity index (χ0) is 20.1. The van der Waals surface area contributed by atoms with E-state index in [2.05, 4.69) is 11.5 Å².